The minimum absolute atomic E-state index is 0.144. The van der Waals surface area contributed by atoms with E-state index in [1.54, 1.807) is 11.8 Å². The molecule has 2 fully saturated rings. The van der Waals surface area contributed by atoms with Gasteiger partial charge in [-0.3, -0.25) is 9.69 Å². The average Bonchev–Trinajstić information content (AvgIpc) is 3.39. The van der Waals surface area contributed by atoms with Gasteiger partial charge in [0.05, 0.1) is 22.0 Å². The smallest absolute Gasteiger partial charge is 0.230 e. The summed E-state index contributed by atoms with van der Waals surface area (Å²) < 4.78 is 0. The lowest BCUT2D eigenvalue weighted by atomic mass is 9.94. The highest BCUT2D eigenvalue weighted by atomic mass is 32.2. The van der Waals surface area contributed by atoms with Crippen LogP contribution in [0, 0.1) is 0 Å². The van der Waals surface area contributed by atoms with Crippen LogP contribution >= 0.6 is 23.5 Å². The van der Waals surface area contributed by atoms with Gasteiger partial charge in [0.15, 0.2) is 0 Å². The first-order chi connectivity index (χ1) is 13.7. The van der Waals surface area contributed by atoms with Crippen LogP contribution in [0.3, 0.4) is 0 Å². The second-order valence-electron chi connectivity index (χ2n) is 7.90. The van der Waals surface area contributed by atoms with Gasteiger partial charge in [-0.15, -0.1) is 11.8 Å². The molecule has 2 N–H and O–H groups in total. The van der Waals surface area contributed by atoms with E-state index < -0.39 is 0 Å². The number of amides is 1. The number of rotatable bonds is 7. The molecule has 1 aromatic carbocycles. The summed E-state index contributed by atoms with van der Waals surface area (Å²) in [5, 5.41) is 3.42. The van der Waals surface area contributed by atoms with Crippen LogP contribution in [0.25, 0.3) is 11.0 Å². The Bertz CT molecular complexity index is 764. The Kier molecular flexibility index (Phi) is 6.53. The van der Waals surface area contributed by atoms with Gasteiger partial charge in [0.25, 0.3) is 0 Å². The number of nitrogens with one attached hydrogen (secondary N) is 2. The fraction of sp³-hybridized carbons (Fsp3) is 0.619. The second kappa shape index (κ2) is 9.09. The van der Waals surface area contributed by atoms with Crippen molar-refractivity contribution in [2.24, 2.45) is 0 Å². The summed E-state index contributed by atoms with van der Waals surface area (Å²) in [5.74, 6) is 4.01. The molecular weight excluding hydrogens is 388 g/mol. The number of nitrogens with zero attached hydrogens (tertiary/aromatic N) is 2. The molecule has 0 radical (unpaired) electrons. The maximum Gasteiger partial charge on any atom is 0.230 e. The van der Waals surface area contributed by atoms with Gasteiger partial charge in [0, 0.05) is 36.7 Å². The third-order valence-electron chi connectivity index (χ3n) is 6.09. The number of imidazole rings is 1. The van der Waals surface area contributed by atoms with Crippen molar-refractivity contribution in [3.8, 4) is 0 Å². The molecule has 2 aromatic rings. The van der Waals surface area contributed by atoms with Crippen LogP contribution in [0.4, 0.5) is 0 Å². The molecule has 1 saturated heterocycles. The number of aromatic amines is 1. The predicted molar refractivity (Wildman–Crippen MR) is 120 cm³/mol. The Morgan fingerprint density at radius 1 is 1.32 bits per heavy atom. The molecule has 2 aliphatic rings. The van der Waals surface area contributed by atoms with Crippen molar-refractivity contribution >= 4 is 40.5 Å². The highest BCUT2D eigenvalue weighted by Crippen LogP contribution is 2.36. The molecule has 7 heteroatoms. The molecule has 0 spiro atoms. The third-order valence-corrected chi connectivity index (χ3v) is 8.18. The molecule has 5 nitrogen and oxygen atoms in total. The van der Waals surface area contributed by atoms with Crippen molar-refractivity contribution in [1.29, 1.82) is 0 Å². The number of benzene rings is 1. The molecule has 152 valence electrons. The summed E-state index contributed by atoms with van der Waals surface area (Å²) in [7, 11) is 0. The third kappa shape index (κ3) is 4.52. The highest BCUT2D eigenvalue weighted by molar-refractivity contribution is 8.00. The summed E-state index contributed by atoms with van der Waals surface area (Å²) >= 11 is 3.70. The van der Waals surface area contributed by atoms with E-state index in [0.29, 0.717) is 5.75 Å². The van der Waals surface area contributed by atoms with Crippen molar-refractivity contribution < 1.29 is 4.79 Å². The fourth-order valence-electron chi connectivity index (χ4n) is 4.43. The molecule has 28 heavy (non-hydrogen) atoms. The van der Waals surface area contributed by atoms with E-state index in [0.717, 1.165) is 23.4 Å². The van der Waals surface area contributed by atoms with Gasteiger partial charge in [0.1, 0.15) is 5.82 Å². The van der Waals surface area contributed by atoms with E-state index in [2.05, 4.69) is 27.1 Å². The van der Waals surface area contributed by atoms with Crippen LogP contribution in [0.1, 0.15) is 43.7 Å². The Hall–Kier alpha value is -1.18. The molecule has 1 saturated carbocycles. The van der Waals surface area contributed by atoms with Gasteiger partial charge in [0.2, 0.25) is 5.91 Å². The quantitative estimate of drug-likeness (QED) is 0.715. The summed E-state index contributed by atoms with van der Waals surface area (Å²) in [5.41, 5.74) is 2.24. The van der Waals surface area contributed by atoms with E-state index in [1.807, 2.05) is 36.0 Å². The van der Waals surface area contributed by atoms with Crippen LogP contribution < -0.4 is 5.32 Å². The number of carbonyl (C=O) groups excluding carboxylic acids is 1. The maximum absolute atomic E-state index is 12.5. The lowest BCUT2D eigenvalue weighted by molar-refractivity contribution is -0.119. The normalized spacial score (nSPS) is 21.0. The maximum atomic E-state index is 12.5. The Balaban J connectivity index is 1.28. The van der Waals surface area contributed by atoms with E-state index in [9.17, 15) is 4.79 Å². The van der Waals surface area contributed by atoms with Gasteiger partial charge >= 0.3 is 0 Å². The minimum Gasteiger partial charge on any atom is -0.354 e. The Morgan fingerprint density at radius 3 is 2.82 bits per heavy atom. The molecule has 1 unspecified atom stereocenters. The largest absolute Gasteiger partial charge is 0.354 e. The van der Waals surface area contributed by atoms with Crippen molar-refractivity contribution in [2.75, 3.05) is 36.9 Å². The zero-order valence-corrected chi connectivity index (χ0v) is 18.2. The van der Waals surface area contributed by atoms with E-state index in [-0.39, 0.29) is 16.7 Å². The Morgan fingerprint density at radius 2 is 2.07 bits per heavy atom. The molecular formula is C21H30N4OS2. The lowest BCUT2D eigenvalue weighted by Gasteiger charge is -2.43. The van der Waals surface area contributed by atoms with Gasteiger partial charge in [-0.25, -0.2) is 4.98 Å². The van der Waals surface area contributed by atoms with Crippen molar-refractivity contribution in [3.63, 3.8) is 0 Å². The monoisotopic (exact) mass is 418 g/mol. The molecule has 1 aliphatic heterocycles. The summed E-state index contributed by atoms with van der Waals surface area (Å²) in [4.78, 5) is 23.2. The molecule has 1 atom stereocenters. The van der Waals surface area contributed by atoms with Crippen molar-refractivity contribution in [2.45, 2.75) is 43.4 Å². The zero-order valence-electron chi connectivity index (χ0n) is 16.6. The number of carbonyl (C=O) groups is 1. The van der Waals surface area contributed by atoms with Crippen LogP contribution in [0.15, 0.2) is 24.3 Å². The number of hydrogen-bond acceptors (Lipinski definition) is 5. The van der Waals surface area contributed by atoms with Gasteiger partial charge in [-0.05, 0) is 31.9 Å². The number of fused-ring (bicyclic) bond motifs is 1. The number of hydrogen-bond donors (Lipinski definition) is 2. The van der Waals surface area contributed by atoms with Crippen LogP contribution in [0.2, 0.25) is 0 Å². The van der Waals surface area contributed by atoms with Gasteiger partial charge in [-0.2, -0.15) is 11.8 Å². The summed E-state index contributed by atoms with van der Waals surface area (Å²) in [6, 6.07) is 8.06. The minimum atomic E-state index is 0.144. The van der Waals surface area contributed by atoms with E-state index in [4.69, 9.17) is 0 Å². The first kappa shape index (κ1) is 20.1. The first-order valence-electron chi connectivity index (χ1n) is 10.3. The van der Waals surface area contributed by atoms with Gasteiger partial charge < -0.3 is 10.3 Å². The van der Waals surface area contributed by atoms with E-state index >= 15 is 0 Å². The molecule has 2 heterocycles. The Labute approximate surface area is 175 Å². The highest BCUT2D eigenvalue weighted by Gasteiger charge is 2.40. The van der Waals surface area contributed by atoms with Crippen molar-refractivity contribution in [3.05, 3.63) is 30.1 Å². The summed E-state index contributed by atoms with van der Waals surface area (Å²) in [6.07, 6.45) is 5.02. The molecule has 0 bridgehead atoms. The fourth-order valence-corrected chi connectivity index (χ4v) is 6.11. The molecule has 1 aromatic heterocycles. The number of H-pyrrole nitrogens is 1. The molecule has 1 aliphatic carbocycles. The number of para-hydroxylation sites is 2. The van der Waals surface area contributed by atoms with Crippen LogP contribution in [0.5, 0.6) is 0 Å². The van der Waals surface area contributed by atoms with Crippen LogP contribution in [-0.4, -0.2) is 63.2 Å². The number of aromatic nitrogens is 2. The lowest BCUT2D eigenvalue weighted by Crippen LogP contribution is -2.56. The first-order valence-corrected chi connectivity index (χ1v) is 12.5. The zero-order chi connectivity index (χ0) is 19.4. The van der Waals surface area contributed by atoms with E-state index in [1.165, 1.54) is 50.3 Å². The molecule has 1 amide bonds. The SMILES string of the molecule is CC(SCC(=O)NCC1(N2CCSCC2)CCCC1)c1nc2ccccc2[nH]1. The van der Waals surface area contributed by atoms with Gasteiger partial charge in [-0.1, -0.05) is 25.0 Å². The topological polar surface area (TPSA) is 61.0 Å². The van der Waals surface area contributed by atoms with Crippen LogP contribution in [-0.2, 0) is 4.79 Å². The number of thioether (sulfide) groups is 2. The average molecular weight is 419 g/mol. The molecule has 4 rings (SSSR count). The van der Waals surface area contributed by atoms with Crippen molar-refractivity contribution in [1.82, 2.24) is 20.2 Å². The predicted octanol–water partition coefficient (Wildman–Crippen LogP) is 3.83. The standard InChI is InChI=1S/C21H30N4OS2/c1-16(20-23-17-6-2-3-7-18(17)24-20)28-14-19(26)22-15-21(8-4-5-9-21)25-10-12-27-13-11-25/h2-3,6-7,16H,4-5,8-15H2,1H3,(H,22,26)(H,23,24). The summed E-state index contributed by atoms with van der Waals surface area (Å²) in [6.45, 7) is 5.24. The second-order valence-corrected chi connectivity index (χ2v) is 10.5.